The van der Waals surface area contributed by atoms with Gasteiger partial charge in [-0.15, -0.1) is 11.3 Å². The number of nitrogens with one attached hydrogen (secondary N) is 1. The number of carbonyl (C=O) groups is 1. The molecule has 0 saturated heterocycles. The zero-order chi connectivity index (χ0) is 16.2. The van der Waals surface area contributed by atoms with Crippen molar-refractivity contribution in [1.29, 1.82) is 0 Å². The summed E-state index contributed by atoms with van der Waals surface area (Å²) in [5.41, 5.74) is 2.51. The van der Waals surface area contributed by atoms with Crippen molar-refractivity contribution in [2.24, 2.45) is 11.1 Å². The van der Waals surface area contributed by atoms with Crippen molar-refractivity contribution in [3.05, 3.63) is 52.1 Å². The van der Waals surface area contributed by atoms with Crippen molar-refractivity contribution in [2.45, 2.75) is 13.3 Å². The van der Waals surface area contributed by atoms with Crippen molar-refractivity contribution >= 4 is 34.2 Å². The van der Waals surface area contributed by atoms with E-state index >= 15 is 0 Å². The highest BCUT2D eigenvalue weighted by Crippen LogP contribution is 2.23. The number of carbonyl (C=O) groups excluding carboxylic acids is 1. The Bertz CT molecular complexity index is 850. The molecule has 1 atom stereocenters. The molecule has 0 radical (unpaired) electrons. The van der Waals surface area contributed by atoms with Crippen molar-refractivity contribution in [2.75, 3.05) is 7.11 Å². The van der Waals surface area contributed by atoms with Crippen LogP contribution in [0, 0.1) is 5.92 Å². The number of thiazole rings is 1. The van der Waals surface area contributed by atoms with Crippen LogP contribution in [0.5, 0.6) is 0 Å². The van der Waals surface area contributed by atoms with Gasteiger partial charge in [0.25, 0.3) is 0 Å². The van der Waals surface area contributed by atoms with E-state index in [0.717, 1.165) is 23.0 Å². The molecule has 0 aliphatic carbocycles. The SMILES string of the molecule is CON=CC(C)Cc1csc(C(=O)c2c[nH]c3ccccc23)n1. The second-order valence-electron chi connectivity index (χ2n) is 5.34. The Labute approximate surface area is 138 Å². The quantitative estimate of drug-likeness (QED) is 0.427. The number of H-pyrrole nitrogens is 1. The van der Waals surface area contributed by atoms with E-state index in [4.69, 9.17) is 0 Å². The number of fused-ring (bicyclic) bond motifs is 1. The van der Waals surface area contributed by atoms with Crippen LogP contribution in [0.4, 0.5) is 0 Å². The molecule has 0 fully saturated rings. The van der Waals surface area contributed by atoms with Gasteiger partial charge in [0.15, 0.2) is 5.01 Å². The molecule has 23 heavy (non-hydrogen) atoms. The van der Waals surface area contributed by atoms with Gasteiger partial charge in [0, 0.05) is 34.6 Å². The Morgan fingerprint density at radius 3 is 3.13 bits per heavy atom. The van der Waals surface area contributed by atoms with Crippen LogP contribution >= 0.6 is 11.3 Å². The number of hydrogen-bond donors (Lipinski definition) is 1. The maximum Gasteiger partial charge on any atom is 0.223 e. The number of oxime groups is 1. The number of ketones is 1. The zero-order valence-corrected chi connectivity index (χ0v) is 13.8. The van der Waals surface area contributed by atoms with E-state index in [1.54, 1.807) is 12.4 Å². The Morgan fingerprint density at radius 1 is 1.48 bits per heavy atom. The number of aromatic amines is 1. The summed E-state index contributed by atoms with van der Waals surface area (Å²) in [6.45, 7) is 2.03. The maximum atomic E-state index is 12.7. The summed E-state index contributed by atoms with van der Waals surface area (Å²) in [5.74, 6) is 0.157. The third kappa shape index (κ3) is 3.32. The highest BCUT2D eigenvalue weighted by molar-refractivity contribution is 7.12. The van der Waals surface area contributed by atoms with Crippen LogP contribution in [-0.4, -0.2) is 29.1 Å². The molecule has 2 aromatic heterocycles. The van der Waals surface area contributed by atoms with E-state index in [-0.39, 0.29) is 11.7 Å². The van der Waals surface area contributed by atoms with Crippen molar-refractivity contribution < 1.29 is 9.63 Å². The van der Waals surface area contributed by atoms with Crippen molar-refractivity contribution in [1.82, 2.24) is 9.97 Å². The molecule has 0 bridgehead atoms. The third-order valence-electron chi connectivity index (χ3n) is 3.53. The molecule has 0 saturated carbocycles. The van der Waals surface area contributed by atoms with Crippen LogP contribution in [0.25, 0.3) is 10.9 Å². The van der Waals surface area contributed by atoms with Crippen LogP contribution in [-0.2, 0) is 11.3 Å². The second-order valence-corrected chi connectivity index (χ2v) is 6.20. The minimum atomic E-state index is -0.0445. The summed E-state index contributed by atoms with van der Waals surface area (Å²) < 4.78 is 0. The summed E-state index contributed by atoms with van der Waals surface area (Å²) in [4.78, 5) is 25.0. The van der Waals surface area contributed by atoms with Gasteiger partial charge in [0.2, 0.25) is 5.78 Å². The lowest BCUT2D eigenvalue weighted by Crippen LogP contribution is -2.04. The van der Waals surface area contributed by atoms with Gasteiger partial charge < -0.3 is 9.82 Å². The van der Waals surface area contributed by atoms with Crippen LogP contribution in [0.1, 0.15) is 28.0 Å². The molecule has 1 aromatic carbocycles. The lowest BCUT2D eigenvalue weighted by molar-refractivity contribution is 0.103. The molecule has 5 nitrogen and oxygen atoms in total. The average Bonchev–Trinajstić information content (AvgIpc) is 3.19. The first-order valence-corrected chi connectivity index (χ1v) is 8.19. The van der Waals surface area contributed by atoms with E-state index in [0.29, 0.717) is 10.6 Å². The fourth-order valence-corrected chi connectivity index (χ4v) is 3.21. The fraction of sp³-hybridized carbons (Fsp3) is 0.235. The Morgan fingerprint density at radius 2 is 2.30 bits per heavy atom. The van der Waals surface area contributed by atoms with Gasteiger partial charge in [-0.1, -0.05) is 30.3 Å². The first-order chi connectivity index (χ1) is 11.2. The summed E-state index contributed by atoms with van der Waals surface area (Å²) >= 11 is 1.38. The number of aromatic nitrogens is 2. The van der Waals surface area contributed by atoms with Gasteiger partial charge in [0.1, 0.15) is 7.11 Å². The predicted octanol–water partition coefficient (Wildman–Crippen LogP) is 3.67. The Balaban J connectivity index is 1.80. The molecule has 1 unspecified atom stereocenters. The van der Waals surface area contributed by atoms with Crippen molar-refractivity contribution in [3.63, 3.8) is 0 Å². The van der Waals surface area contributed by atoms with E-state index in [2.05, 4.69) is 20.0 Å². The maximum absolute atomic E-state index is 12.7. The van der Waals surface area contributed by atoms with E-state index in [1.165, 1.54) is 18.4 Å². The molecule has 3 rings (SSSR count). The predicted molar refractivity (Wildman–Crippen MR) is 92.2 cm³/mol. The molecule has 3 aromatic rings. The standard InChI is InChI=1S/C17H17N3O2S/c1-11(8-19-22-2)7-12-10-23-17(20-12)16(21)14-9-18-15-6-4-3-5-13(14)15/h3-6,8-11,18H,7H2,1-2H3. The monoisotopic (exact) mass is 327 g/mol. The van der Waals surface area contributed by atoms with Crippen LogP contribution in [0.3, 0.4) is 0 Å². The van der Waals surface area contributed by atoms with Gasteiger partial charge in [-0.3, -0.25) is 4.79 Å². The van der Waals surface area contributed by atoms with Gasteiger partial charge in [0.05, 0.1) is 11.3 Å². The average molecular weight is 327 g/mol. The fourth-order valence-electron chi connectivity index (χ4n) is 2.43. The van der Waals surface area contributed by atoms with Crippen molar-refractivity contribution in [3.8, 4) is 0 Å². The minimum absolute atomic E-state index is 0.0445. The van der Waals surface area contributed by atoms with Crippen LogP contribution < -0.4 is 0 Å². The van der Waals surface area contributed by atoms with Crippen LogP contribution in [0.15, 0.2) is 41.0 Å². The van der Waals surface area contributed by atoms with E-state index in [1.807, 2.05) is 36.6 Å². The topological polar surface area (TPSA) is 67.3 Å². The highest BCUT2D eigenvalue weighted by atomic mass is 32.1. The van der Waals surface area contributed by atoms with Gasteiger partial charge in [-0.2, -0.15) is 0 Å². The largest absolute Gasteiger partial charge is 0.399 e. The second kappa shape index (κ2) is 6.75. The molecule has 0 spiro atoms. The first kappa shape index (κ1) is 15.4. The summed E-state index contributed by atoms with van der Waals surface area (Å²) in [7, 11) is 1.52. The number of benzene rings is 1. The van der Waals surface area contributed by atoms with Gasteiger partial charge in [-0.25, -0.2) is 4.98 Å². The molecule has 118 valence electrons. The Hall–Kier alpha value is -2.47. The molecule has 6 heteroatoms. The minimum Gasteiger partial charge on any atom is -0.399 e. The summed E-state index contributed by atoms with van der Waals surface area (Å²) in [5, 5.41) is 7.13. The summed E-state index contributed by atoms with van der Waals surface area (Å²) in [6.07, 6.45) is 4.22. The zero-order valence-electron chi connectivity index (χ0n) is 12.9. The first-order valence-electron chi connectivity index (χ1n) is 7.31. The highest BCUT2D eigenvalue weighted by Gasteiger charge is 2.18. The normalized spacial score (nSPS) is 12.8. The molecular weight excluding hydrogens is 310 g/mol. The van der Waals surface area contributed by atoms with E-state index in [9.17, 15) is 4.79 Å². The van der Waals surface area contributed by atoms with E-state index < -0.39 is 0 Å². The molecule has 0 aliphatic rings. The Kier molecular flexibility index (Phi) is 4.52. The number of rotatable bonds is 6. The van der Waals surface area contributed by atoms with Gasteiger partial charge >= 0.3 is 0 Å². The van der Waals surface area contributed by atoms with Gasteiger partial charge in [-0.05, 0) is 12.5 Å². The molecule has 1 N–H and O–H groups in total. The summed E-state index contributed by atoms with van der Waals surface area (Å²) in [6, 6.07) is 7.77. The number of hydrogen-bond acceptors (Lipinski definition) is 5. The molecule has 0 amide bonds. The number of nitrogens with zero attached hydrogens (tertiary/aromatic N) is 2. The lowest BCUT2D eigenvalue weighted by atomic mass is 10.1. The molecule has 2 heterocycles. The lowest BCUT2D eigenvalue weighted by Gasteiger charge is -2.01. The smallest absolute Gasteiger partial charge is 0.223 e. The third-order valence-corrected chi connectivity index (χ3v) is 4.42. The molecule has 0 aliphatic heterocycles. The number of para-hydroxylation sites is 1. The molecular formula is C17H17N3O2S. The van der Waals surface area contributed by atoms with Crippen LogP contribution in [0.2, 0.25) is 0 Å².